The smallest absolute Gasteiger partial charge is 0.255 e. The van der Waals surface area contributed by atoms with E-state index in [1.807, 2.05) is 65.3 Å². The Morgan fingerprint density at radius 1 is 0.975 bits per heavy atom. The molecule has 0 saturated heterocycles. The van der Waals surface area contributed by atoms with Gasteiger partial charge in [-0.1, -0.05) is 64.1 Å². The largest absolute Gasteiger partial charge is 0.337 e. The van der Waals surface area contributed by atoms with Crippen molar-refractivity contribution in [1.82, 2.24) is 19.3 Å². The lowest BCUT2D eigenvalue weighted by atomic mass is 9.87. The number of rotatable bonds is 8. The van der Waals surface area contributed by atoms with E-state index < -0.39 is 0 Å². The van der Waals surface area contributed by atoms with Gasteiger partial charge in [0, 0.05) is 47.6 Å². The van der Waals surface area contributed by atoms with Crippen LogP contribution in [0.1, 0.15) is 49.2 Å². The van der Waals surface area contributed by atoms with Crippen molar-refractivity contribution in [3.63, 3.8) is 0 Å². The third-order valence-corrected chi connectivity index (χ3v) is 7.01. The Labute approximate surface area is 235 Å². The van der Waals surface area contributed by atoms with Crippen LogP contribution in [-0.2, 0) is 12.0 Å². The molecule has 0 radical (unpaired) electrons. The van der Waals surface area contributed by atoms with Gasteiger partial charge in [-0.05, 0) is 66.5 Å². The second-order valence-electron chi connectivity index (χ2n) is 11.1. The molecule has 204 valence electrons. The quantitative estimate of drug-likeness (QED) is 0.222. The predicted molar refractivity (Wildman–Crippen MR) is 163 cm³/mol. The van der Waals surface area contributed by atoms with Gasteiger partial charge in [-0.3, -0.25) is 4.79 Å². The summed E-state index contributed by atoms with van der Waals surface area (Å²) in [4.78, 5) is 24.7. The minimum atomic E-state index is -0.147. The Bertz CT molecular complexity index is 1610. The van der Waals surface area contributed by atoms with Gasteiger partial charge in [0.2, 0.25) is 0 Å². The van der Waals surface area contributed by atoms with Gasteiger partial charge in [0.05, 0.1) is 5.69 Å². The van der Waals surface area contributed by atoms with Crippen molar-refractivity contribution in [2.24, 2.45) is 0 Å². The highest BCUT2D eigenvalue weighted by Gasteiger charge is 2.15. The molecule has 0 aliphatic rings. The van der Waals surface area contributed by atoms with Crippen LogP contribution in [0.2, 0.25) is 0 Å². The maximum Gasteiger partial charge on any atom is 0.255 e. The zero-order valence-corrected chi connectivity index (χ0v) is 23.8. The lowest BCUT2D eigenvalue weighted by Crippen LogP contribution is -2.16. The SMILES string of the molecule is CCN(C)Cc1ccc(Nc2nc(-c3cccc(NC(=O)c4ccc(C(C)(C)C)cc4)c3)cn3ccnc23)cc1. The van der Waals surface area contributed by atoms with E-state index in [0.29, 0.717) is 17.1 Å². The van der Waals surface area contributed by atoms with Crippen LogP contribution in [0.4, 0.5) is 17.2 Å². The molecule has 0 aliphatic heterocycles. The average molecular weight is 533 g/mol. The topological polar surface area (TPSA) is 74.6 Å². The molecule has 0 fully saturated rings. The van der Waals surface area contributed by atoms with Crippen molar-refractivity contribution in [2.45, 2.75) is 39.7 Å². The Morgan fingerprint density at radius 2 is 1.73 bits per heavy atom. The van der Waals surface area contributed by atoms with Crippen LogP contribution in [0.25, 0.3) is 16.9 Å². The molecule has 7 heteroatoms. The molecule has 3 aromatic carbocycles. The first kappa shape index (κ1) is 27.1. The van der Waals surface area contributed by atoms with Gasteiger partial charge < -0.3 is 19.9 Å². The number of nitrogens with one attached hydrogen (secondary N) is 2. The van der Waals surface area contributed by atoms with Gasteiger partial charge in [-0.2, -0.15) is 0 Å². The Hall–Kier alpha value is -4.49. The molecule has 40 heavy (non-hydrogen) atoms. The van der Waals surface area contributed by atoms with Crippen molar-refractivity contribution in [3.05, 3.63) is 108 Å². The van der Waals surface area contributed by atoms with Crippen LogP contribution in [0, 0.1) is 0 Å². The first-order chi connectivity index (χ1) is 19.2. The number of nitrogens with zero attached hydrogens (tertiary/aromatic N) is 4. The van der Waals surface area contributed by atoms with E-state index in [1.165, 1.54) is 11.1 Å². The maximum absolute atomic E-state index is 13.0. The number of imidazole rings is 1. The summed E-state index contributed by atoms with van der Waals surface area (Å²) in [7, 11) is 2.11. The van der Waals surface area contributed by atoms with Gasteiger partial charge in [0.15, 0.2) is 11.5 Å². The number of hydrogen-bond donors (Lipinski definition) is 2. The Morgan fingerprint density at radius 3 is 2.42 bits per heavy atom. The first-order valence-corrected chi connectivity index (χ1v) is 13.6. The lowest BCUT2D eigenvalue weighted by molar-refractivity contribution is 0.102. The fraction of sp³-hybridized carbons (Fsp3) is 0.242. The highest BCUT2D eigenvalue weighted by molar-refractivity contribution is 6.04. The second-order valence-corrected chi connectivity index (χ2v) is 11.1. The van der Waals surface area contributed by atoms with Crippen LogP contribution in [0.3, 0.4) is 0 Å². The van der Waals surface area contributed by atoms with Gasteiger partial charge >= 0.3 is 0 Å². The summed E-state index contributed by atoms with van der Waals surface area (Å²) in [5.41, 5.74) is 7.14. The highest BCUT2D eigenvalue weighted by Crippen LogP contribution is 2.27. The summed E-state index contributed by atoms with van der Waals surface area (Å²) < 4.78 is 1.96. The van der Waals surface area contributed by atoms with E-state index in [0.717, 1.165) is 35.7 Å². The van der Waals surface area contributed by atoms with Crippen molar-refractivity contribution < 1.29 is 4.79 Å². The number of hydrogen-bond acceptors (Lipinski definition) is 5. The Kier molecular flexibility index (Phi) is 7.67. The summed E-state index contributed by atoms with van der Waals surface area (Å²) in [6.45, 7) is 10.5. The summed E-state index contributed by atoms with van der Waals surface area (Å²) in [5, 5.41) is 6.47. The van der Waals surface area contributed by atoms with E-state index in [1.54, 1.807) is 6.20 Å². The molecule has 0 unspecified atom stereocenters. The molecular weight excluding hydrogens is 496 g/mol. The summed E-state index contributed by atoms with van der Waals surface area (Å²) >= 11 is 0. The second kappa shape index (κ2) is 11.3. The minimum absolute atomic E-state index is 0.0372. The molecule has 5 rings (SSSR count). The molecule has 0 saturated carbocycles. The normalized spacial score (nSPS) is 11.7. The zero-order chi connectivity index (χ0) is 28.3. The number of fused-ring (bicyclic) bond motifs is 1. The van der Waals surface area contributed by atoms with Gasteiger partial charge in [-0.15, -0.1) is 0 Å². The summed E-state index contributed by atoms with van der Waals surface area (Å²) in [6, 6.07) is 23.9. The van der Waals surface area contributed by atoms with E-state index in [2.05, 4.69) is 79.5 Å². The van der Waals surface area contributed by atoms with E-state index in [4.69, 9.17) is 4.98 Å². The minimum Gasteiger partial charge on any atom is -0.337 e. The third kappa shape index (κ3) is 6.21. The summed E-state index contributed by atoms with van der Waals surface area (Å²) in [6.07, 6.45) is 5.61. The molecule has 2 N–H and O–H groups in total. The first-order valence-electron chi connectivity index (χ1n) is 13.6. The average Bonchev–Trinajstić information content (AvgIpc) is 3.43. The molecule has 0 bridgehead atoms. The fourth-order valence-corrected chi connectivity index (χ4v) is 4.49. The Balaban J connectivity index is 1.37. The fourth-order valence-electron chi connectivity index (χ4n) is 4.49. The van der Waals surface area contributed by atoms with Crippen LogP contribution >= 0.6 is 0 Å². The van der Waals surface area contributed by atoms with E-state index in [-0.39, 0.29) is 11.3 Å². The van der Waals surface area contributed by atoms with E-state index >= 15 is 0 Å². The van der Waals surface area contributed by atoms with Crippen LogP contribution < -0.4 is 10.6 Å². The lowest BCUT2D eigenvalue weighted by Gasteiger charge is -2.19. The molecule has 0 spiro atoms. The van der Waals surface area contributed by atoms with Gasteiger partial charge in [0.25, 0.3) is 5.91 Å². The number of benzene rings is 3. The molecule has 0 atom stereocenters. The van der Waals surface area contributed by atoms with Crippen LogP contribution in [-0.4, -0.2) is 38.8 Å². The molecule has 5 aromatic rings. The van der Waals surface area contributed by atoms with Gasteiger partial charge in [-0.25, -0.2) is 9.97 Å². The molecule has 0 aliphatic carbocycles. The van der Waals surface area contributed by atoms with Crippen molar-refractivity contribution >= 4 is 28.7 Å². The monoisotopic (exact) mass is 532 g/mol. The number of carbonyl (C=O) groups is 1. The van der Waals surface area contributed by atoms with Crippen LogP contribution in [0.15, 0.2) is 91.4 Å². The molecule has 7 nitrogen and oxygen atoms in total. The number of aromatic nitrogens is 3. The molecule has 2 aromatic heterocycles. The standard InChI is InChI=1S/C33H36N6O/c1-6-38(5)21-23-10-16-27(17-11-23)35-30-31-34-18-19-39(31)22-29(37-30)25-8-7-9-28(20-25)36-32(40)24-12-14-26(15-13-24)33(2,3)4/h7-20,22H,6,21H2,1-5H3,(H,35,37)(H,36,40). The number of amides is 1. The maximum atomic E-state index is 13.0. The molecular formula is C33H36N6O. The van der Waals surface area contributed by atoms with Crippen molar-refractivity contribution in [3.8, 4) is 11.3 Å². The highest BCUT2D eigenvalue weighted by atomic mass is 16.1. The number of carbonyl (C=O) groups excluding carboxylic acids is 1. The van der Waals surface area contributed by atoms with Crippen molar-refractivity contribution in [2.75, 3.05) is 24.2 Å². The summed E-state index contributed by atoms with van der Waals surface area (Å²) in [5.74, 6) is 0.515. The zero-order valence-electron chi connectivity index (χ0n) is 23.8. The molecule has 1 amide bonds. The van der Waals surface area contributed by atoms with E-state index in [9.17, 15) is 4.79 Å². The molecule has 2 heterocycles. The van der Waals surface area contributed by atoms with Gasteiger partial charge in [0.1, 0.15) is 0 Å². The van der Waals surface area contributed by atoms with Crippen LogP contribution in [0.5, 0.6) is 0 Å². The van der Waals surface area contributed by atoms with Crippen molar-refractivity contribution in [1.29, 1.82) is 0 Å². The number of anilines is 3. The third-order valence-electron chi connectivity index (χ3n) is 7.01. The predicted octanol–water partition coefficient (Wildman–Crippen LogP) is 7.14.